The predicted molar refractivity (Wildman–Crippen MR) is 71.5 cm³/mol. The van der Waals surface area contributed by atoms with E-state index in [0.717, 1.165) is 29.2 Å². The average Bonchev–Trinajstić information content (AvgIpc) is 2.72. The molecule has 0 amide bonds. The van der Waals surface area contributed by atoms with Crippen molar-refractivity contribution >= 4 is 17.0 Å². The van der Waals surface area contributed by atoms with Gasteiger partial charge in [0.1, 0.15) is 11.6 Å². The van der Waals surface area contributed by atoms with Crippen LogP contribution in [0.15, 0.2) is 12.1 Å². The van der Waals surface area contributed by atoms with Gasteiger partial charge >= 0.3 is 0 Å². The smallest absolute Gasteiger partial charge is 0.179 e. The predicted octanol–water partition coefficient (Wildman–Crippen LogP) is 2.71. The Morgan fingerprint density at radius 1 is 1.24 bits per heavy atom. The lowest BCUT2D eigenvalue weighted by molar-refractivity contribution is 0.479. The summed E-state index contributed by atoms with van der Waals surface area (Å²) in [6, 6.07) is 4.04. The summed E-state index contributed by atoms with van der Waals surface area (Å²) in [4.78, 5) is 14.5. The lowest BCUT2D eigenvalue weighted by Crippen LogP contribution is -2.17. The number of pyridine rings is 1. The Balaban J connectivity index is 2.51. The summed E-state index contributed by atoms with van der Waals surface area (Å²) < 4.78 is 0. The van der Waals surface area contributed by atoms with Crippen molar-refractivity contribution in [3.05, 3.63) is 18.0 Å². The normalized spacial score (nSPS) is 12.1. The van der Waals surface area contributed by atoms with Crippen molar-refractivity contribution in [2.75, 3.05) is 19.0 Å². The van der Waals surface area contributed by atoms with Crippen molar-refractivity contribution in [2.24, 2.45) is 0 Å². The van der Waals surface area contributed by atoms with E-state index in [4.69, 9.17) is 0 Å². The van der Waals surface area contributed by atoms with E-state index in [1.165, 1.54) is 0 Å². The number of hydrogen-bond acceptors (Lipinski definition) is 3. The number of nitrogens with zero attached hydrogens (tertiary/aromatic N) is 3. The summed E-state index contributed by atoms with van der Waals surface area (Å²) in [6.07, 6.45) is 1.05. The number of aromatic amines is 1. The molecule has 2 aromatic heterocycles. The van der Waals surface area contributed by atoms with Crippen LogP contribution in [0.25, 0.3) is 11.2 Å². The molecule has 1 N–H and O–H groups in total. The summed E-state index contributed by atoms with van der Waals surface area (Å²) in [5.74, 6) is 1.95. The number of anilines is 1. The van der Waals surface area contributed by atoms with Crippen molar-refractivity contribution in [3.63, 3.8) is 0 Å². The number of aromatic nitrogens is 3. The molecule has 2 rings (SSSR count). The van der Waals surface area contributed by atoms with Gasteiger partial charge in [-0.3, -0.25) is 0 Å². The summed E-state index contributed by atoms with van der Waals surface area (Å²) in [5.41, 5.74) is 1.87. The maximum atomic E-state index is 4.60. The lowest BCUT2D eigenvalue weighted by Gasteiger charge is -2.18. The lowest BCUT2D eigenvalue weighted by atomic mass is 9.90. The van der Waals surface area contributed by atoms with Crippen LogP contribution in [0.5, 0.6) is 0 Å². The molecule has 0 fully saturated rings. The Hall–Kier alpha value is -1.58. The van der Waals surface area contributed by atoms with Gasteiger partial charge in [-0.05, 0) is 18.6 Å². The molecule has 2 heterocycles. The summed E-state index contributed by atoms with van der Waals surface area (Å²) >= 11 is 0. The van der Waals surface area contributed by atoms with Gasteiger partial charge < -0.3 is 9.88 Å². The van der Waals surface area contributed by atoms with Gasteiger partial charge in [0.15, 0.2) is 5.65 Å². The summed E-state index contributed by atoms with van der Waals surface area (Å²) in [6.45, 7) is 6.56. The molecule has 0 aromatic carbocycles. The molecule has 2 aromatic rings. The highest BCUT2D eigenvalue weighted by Crippen LogP contribution is 2.26. The first-order chi connectivity index (χ1) is 7.94. The van der Waals surface area contributed by atoms with E-state index in [0.29, 0.717) is 0 Å². The van der Waals surface area contributed by atoms with E-state index >= 15 is 0 Å². The second kappa shape index (κ2) is 4.02. The molecule has 0 saturated heterocycles. The van der Waals surface area contributed by atoms with Crippen LogP contribution >= 0.6 is 0 Å². The SMILES string of the molecule is CCC(C)(C)c1nc2nc(N(C)C)ccc2[nH]1. The van der Waals surface area contributed by atoms with E-state index in [-0.39, 0.29) is 5.41 Å². The molecule has 0 radical (unpaired) electrons. The van der Waals surface area contributed by atoms with Crippen LogP contribution in [0.1, 0.15) is 33.0 Å². The highest BCUT2D eigenvalue weighted by atomic mass is 15.2. The van der Waals surface area contributed by atoms with Gasteiger partial charge in [0.2, 0.25) is 0 Å². The third-order valence-electron chi connectivity index (χ3n) is 3.31. The number of H-pyrrole nitrogens is 1. The zero-order valence-electron chi connectivity index (χ0n) is 11.2. The standard InChI is InChI=1S/C13H20N4/c1-6-13(2,3)12-14-9-7-8-10(17(4)5)15-11(9)16-12/h7-8H,6H2,1-5H3,(H,14,15,16). The topological polar surface area (TPSA) is 44.8 Å². The molecule has 0 spiro atoms. The number of imidazole rings is 1. The van der Waals surface area contributed by atoms with E-state index in [2.05, 4.69) is 35.7 Å². The van der Waals surface area contributed by atoms with Crippen molar-refractivity contribution in [1.82, 2.24) is 15.0 Å². The first kappa shape index (κ1) is 11.9. The van der Waals surface area contributed by atoms with Crippen molar-refractivity contribution < 1.29 is 0 Å². The third-order valence-corrected chi connectivity index (χ3v) is 3.31. The van der Waals surface area contributed by atoms with Crippen LogP contribution in [0.4, 0.5) is 5.82 Å². The Bertz CT molecular complexity index is 525. The van der Waals surface area contributed by atoms with Gasteiger partial charge in [-0.1, -0.05) is 20.8 Å². The molecule has 0 aliphatic heterocycles. The Kier molecular flexibility index (Phi) is 2.81. The average molecular weight is 232 g/mol. The van der Waals surface area contributed by atoms with Crippen LogP contribution in [0.2, 0.25) is 0 Å². The molecule has 0 unspecified atom stereocenters. The molecule has 4 heteroatoms. The molecule has 17 heavy (non-hydrogen) atoms. The van der Waals surface area contributed by atoms with Gasteiger partial charge in [-0.2, -0.15) is 0 Å². The summed E-state index contributed by atoms with van der Waals surface area (Å²) in [5, 5.41) is 0. The molecule has 92 valence electrons. The Morgan fingerprint density at radius 2 is 1.94 bits per heavy atom. The zero-order chi connectivity index (χ0) is 12.6. The first-order valence-corrected chi connectivity index (χ1v) is 5.98. The fourth-order valence-electron chi connectivity index (χ4n) is 1.62. The number of nitrogens with one attached hydrogen (secondary N) is 1. The van der Waals surface area contributed by atoms with Crippen LogP contribution in [-0.4, -0.2) is 29.0 Å². The number of rotatable bonds is 3. The van der Waals surface area contributed by atoms with Gasteiger partial charge in [0.25, 0.3) is 0 Å². The fraction of sp³-hybridized carbons (Fsp3) is 0.538. The minimum absolute atomic E-state index is 0.0684. The van der Waals surface area contributed by atoms with E-state index in [1.54, 1.807) is 0 Å². The van der Waals surface area contributed by atoms with Crippen molar-refractivity contribution in [1.29, 1.82) is 0 Å². The molecule has 0 atom stereocenters. The fourth-order valence-corrected chi connectivity index (χ4v) is 1.62. The zero-order valence-corrected chi connectivity index (χ0v) is 11.2. The van der Waals surface area contributed by atoms with Gasteiger partial charge in [0.05, 0.1) is 5.52 Å². The largest absolute Gasteiger partial charge is 0.363 e. The Morgan fingerprint density at radius 3 is 2.53 bits per heavy atom. The molecular formula is C13H20N4. The summed E-state index contributed by atoms with van der Waals surface area (Å²) in [7, 11) is 3.97. The van der Waals surface area contributed by atoms with Crippen LogP contribution in [-0.2, 0) is 5.41 Å². The van der Waals surface area contributed by atoms with Gasteiger partial charge in [-0.15, -0.1) is 0 Å². The van der Waals surface area contributed by atoms with Crippen LogP contribution in [0, 0.1) is 0 Å². The van der Waals surface area contributed by atoms with Crippen molar-refractivity contribution in [3.8, 4) is 0 Å². The quantitative estimate of drug-likeness (QED) is 0.885. The maximum Gasteiger partial charge on any atom is 0.179 e. The molecule has 4 nitrogen and oxygen atoms in total. The van der Waals surface area contributed by atoms with Gasteiger partial charge in [-0.25, -0.2) is 9.97 Å². The van der Waals surface area contributed by atoms with Gasteiger partial charge in [0, 0.05) is 19.5 Å². The molecule has 0 saturated carbocycles. The molecule has 0 bridgehead atoms. The Labute approximate surface area is 102 Å². The third kappa shape index (κ3) is 2.12. The van der Waals surface area contributed by atoms with Crippen LogP contribution < -0.4 is 4.90 Å². The second-order valence-electron chi connectivity index (χ2n) is 5.26. The molecular weight excluding hydrogens is 212 g/mol. The second-order valence-corrected chi connectivity index (χ2v) is 5.26. The van der Waals surface area contributed by atoms with E-state index in [9.17, 15) is 0 Å². The number of hydrogen-bond donors (Lipinski definition) is 1. The van der Waals surface area contributed by atoms with Crippen LogP contribution in [0.3, 0.4) is 0 Å². The highest BCUT2D eigenvalue weighted by Gasteiger charge is 2.22. The monoisotopic (exact) mass is 232 g/mol. The van der Waals surface area contributed by atoms with E-state index in [1.807, 2.05) is 31.1 Å². The molecule has 0 aliphatic rings. The minimum Gasteiger partial charge on any atom is -0.363 e. The number of fused-ring (bicyclic) bond motifs is 1. The van der Waals surface area contributed by atoms with E-state index < -0.39 is 0 Å². The van der Waals surface area contributed by atoms with Crippen molar-refractivity contribution in [2.45, 2.75) is 32.6 Å². The molecule has 0 aliphatic carbocycles. The first-order valence-electron chi connectivity index (χ1n) is 5.98. The minimum atomic E-state index is 0.0684. The highest BCUT2D eigenvalue weighted by molar-refractivity contribution is 5.73. The maximum absolute atomic E-state index is 4.60.